The number of pyridine rings is 1. The zero-order chi connectivity index (χ0) is 27.1. The number of aliphatic hydroxyl groups excluding tert-OH is 1. The van der Waals surface area contributed by atoms with Crippen molar-refractivity contribution in [2.75, 3.05) is 32.1 Å². The molecule has 0 unspecified atom stereocenters. The third-order valence-corrected chi connectivity index (χ3v) is 7.56. The summed E-state index contributed by atoms with van der Waals surface area (Å²) < 4.78 is 6.59. The molecule has 1 saturated carbocycles. The predicted octanol–water partition coefficient (Wildman–Crippen LogP) is 3.43. The van der Waals surface area contributed by atoms with Crippen LogP contribution in [-0.4, -0.2) is 76.8 Å². The molecule has 1 aliphatic carbocycles. The van der Waals surface area contributed by atoms with Crippen molar-refractivity contribution < 1.29 is 19.4 Å². The van der Waals surface area contributed by atoms with Crippen LogP contribution in [0.5, 0.6) is 5.75 Å². The number of hydrogen-bond acceptors (Lipinski definition) is 6. The molecule has 1 aromatic heterocycles. The second-order valence-electron chi connectivity index (χ2n) is 10.8. The van der Waals surface area contributed by atoms with E-state index >= 15 is 0 Å². The second-order valence-corrected chi connectivity index (χ2v) is 10.8. The summed E-state index contributed by atoms with van der Waals surface area (Å²) in [6.07, 6.45) is 7.82. The van der Waals surface area contributed by atoms with E-state index in [0.717, 1.165) is 43.4 Å². The van der Waals surface area contributed by atoms with Crippen LogP contribution in [0.2, 0.25) is 0 Å². The van der Waals surface area contributed by atoms with Crippen LogP contribution in [0.1, 0.15) is 50.7 Å². The van der Waals surface area contributed by atoms with Crippen molar-refractivity contribution in [3.05, 3.63) is 53.9 Å². The number of fused-ring (bicyclic) bond motifs is 1. The first-order chi connectivity index (χ1) is 18.3. The fourth-order valence-corrected chi connectivity index (χ4v) is 5.32. The van der Waals surface area contributed by atoms with E-state index in [1.54, 1.807) is 17.3 Å². The van der Waals surface area contributed by atoms with Crippen LogP contribution in [0.3, 0.4) is 0 Å². The highest BCUT2D eigenvalue weighted by atomic mass is 16.5. The van der Waals surface area contributed by atoms with Crippen molar-refractivity contribution in [1.82, 2.24) is 20.1 Å². The Morgan fingerprint density at radius 1 is 1.24 bits per heavy atom. The maximum atomic E-state index is 13.4. The van der Waals surface area contributed by atoms with E-state index in [1.807, 2.05) is 37.3 Å². The first-order valence-electron chi connectivity index (χ1n) is 13.7. The lowest BCUT2D eigenvalue weighted by Crippen LogP contribution is -2.47. The van der Waals surface area contributed by atoms with Gasteiger partial charge in [-0.3, -0.25) is 14.7 Å². The Morgan fingerprint density at radius 3 is 2.68 bits per heavy atom. The normalized spacial score (nSPS) is 21.2. The average Bonchev–Trinajstić information content (AvgIpc) is 3.41. The molecule has 0 spiro atoms. The summed E-state index contributed by atoms with van der Waals surface area (Å²) in [6, 6.07) is 9.18. The molecule has 3 amide bonds. The molecule has 38 heavy (non-hydrogen) atoms. The zero-order valence-corrected chi connectivity index (χ0v) is 22.7. The van der Waals surface area contributed by atoms with Gasteiger partial charge in [0.1, 0.15) is 11.9 Å². The number of nitrogens with one attached hydrogen (secondary N) is 2. The highest BCUT2D eigenvalue weighted by Gasteiger charge is 2.31. The van der Waals surface area contributed by atoms with Gasteiger partial charge in [-0.2, -0.15) is 0 Å². The third-order valence-electron chi connectivity index (χ3n) is 7.56. The van der Waals surface area contributed by atoms with Crippen molar-refractivity contribution in [2.45, 2.75) is 70.7 Å². The number of aromatic nitrogens is 1. The van der Waals surface area contributed by atoms with Gasteiger partial charge in [-0.25, -0.2) is 4.79 Å². The zero-order valence-electron chi connectivity index (χ0n) is 22.7. The third kappa shape index (κ3) is 7.45. The smallest absolute Gasteiger partial charge is 0.319 e. The maximum Gasteiger partial charge on any atom is 0.319 e. The first kappa shape index (κ1) is 27.9. The van der Waals surface area contributed by atoms with Crippen molar-refractivity contribution in [3.8, 4) is 5.75 Å². The summed E-state index contributed by atoms with van der Waals surface area (Å²) >= 11 is 0. The van der Waals surface area contributed by atoms with Crippen LogP contribution in [0.15, 0.2) is 42.7 Å². The molecule has 0 bridgehead atoms. The molecule has 0 radical (unpaired) electrons. The summed E-state index contributed by atoms with van der Waals surface area (Å²) in [7, 11) is 2.05. The highest BCUT2D eigenvalue weighted by Crippen LogP contribution is 2.29. The summed E-state index contributed by atoms with van der Waals surface area (Å²) in [5.41, 5.74) is 2.51. The standard InChI is InChI=1S/C29H41N5O4/c1-20-16-34(21(2)19-35)28(36)15-23-14-25(32-29(37)31-24-6-4-5-7-24)8-9-26(23)38-27(20)18-33(3)17-22-10-12-30-13-11-22/h8-14,20-21,24,27,35H,4-7,15-19H2,1-3H3,(H2,31,32,37)/t20-,21+,27+/m1/s1. The van der Waals surface area contributed by atoms with Gasteiger partial charge in [0, 0.05) is 55.2 Å². The number of amides is 3. The Kier molecular flexibility index (Phi) is 9.58. The van der Waals surface area contributed by atoms with Gasteiger partial charge in [0.2, 0.25) is 5.91 Å². The van der Waals surface area contributed by atoms with Crippen LogP contribution in [0.4, 0.5) is 10.5 Å². The summed E-state index contributed by atoms with van der Waals surface area (Å²) in [5, 5.41) is 15.8. The van der Waals surface area contributed by atoms with Crippen molar-refractivity contribution >= 4 is 17.6 Å². The summed E-state index contributed by atoms with van der Waals surface area (Å²) in [4.78, 5) is 34.0. The number of hydrogen-bond donors (Lipinski definition) is 3. The number of rotatable bonds is 8. The van der Waals surface area contributed by atoms with E-state index < -0.39 is 0 Å². The van der Waals surface area contributed by atoms with E-state index in [4.69, 9.17) is 4.74 Å². The molecule has 206 valence electrons. The Balaban J connectivity index is 1.54. The van der Waals surface area contributed by atoms with Crippen LogP contribution < -0.4 is 15.4 Å². The monoisotopic (exact) mass is 523 g/mol. The lowest BCUT2D eigenvalue weighted by atomic mass is 10.0. The number of urea groups is 1. The molecule has 0 saturated heterocycles. The van der Waals surface area contributed by atoms with E-state index in [1.165, 1.54) is 0 Å². The number of carbonyl (C=O) groups is 2. The lowest BCUT2D eigenvalue weighted by Gasteiger charge is -2.34. The van der Waals surface area contributed by atoms with Gasteiger partial charge in [-0.15, -0.1) is 0 Å². The average molecular weight is 524 g/mol. The predicted molar refractivity (Wildman–Crippen MR) is 147 cm³/mol. The molecule has 3 N–H and O–H groups in total. The number of benzene rings is 1. The van der Waals surface area contributed by atoms with E-state index in [9.17, 15) is 14.7 Å². The van der Waals surface area contributed by atoms with E-state index in [2.05, 4.69) is 34.5 Å². The molecule has 4 rings (SSSR count). The van der Waals surface area contributed by atoms with Crippen LogP contribution in [0, 0.1) is 5.92 Å². The largest absolute Gasteiger partial charge is 0.488 e. The topological polar surface area (TPSA) is 107 Å². The number of likely N-dealkylation sites (N-methyl/N-ethyl adjacent to an activating group) is 1. The van der Waals surface area contributed by atoms with Gasteiger partial charge < -0.3 is 25.4 Å². The van der Waals surface area contributed by atoms with Crippen molar-refractivity contribution in [3.63, 3.8) is 0 Å². The first-order valence-corrected chi connectivity index (χ1v) is 13.7. The Hall–Kier alpha value is -3.17. The molecular formula is C29H41N5O4. The van der Waals surface area contributed by atoms with Gasteiger partial charge in [-0.05, 0) is 62.7 Å². The number of ether oxygens (including phenoxy) is 1. The lowest BCUT2D eigenvalue weighted by molar-refractivity contribution is -0.134. The Bertz CT molecular complexity index is 1080. The van der Waals surface area contributed by atoms with Crippen molar-refractivity contribution in [2.24, 2.45) is 5.92 Å². The number of anilines is 1. The molecule has 2 heterocycles. The van der Waals surface area contributed by atoms with Gasteiger partial charge in [-0.1, -0.05) is 19.8 Å². The number of nitrogens with zero attached hydrogens (tertiary/aromatic N) is 3. The quantitative estimate of drug-likeness (QED) is 0.490. The molecule has 2 aromatic rings. The van der Waals surface area contributed by atoms with Gasteiger partial charge >= 0.3 is 6.03 Å². The van der Waals surface area contributed by atoms with Gasteiger partial charge in [0.25, 0.3) is 0 Å². The summed E-state index contributed by atoms with van der Waals surface area (Å²) in [5.74, 6) is 0.600. The number of aliphatic hydroxyl groups is 1. The minimum atomic E-state index is -0.305. The summed E-state index contributed by atoms with van der Waals surface area (Å²) in [6.45, 7) is 5.72. The van der Waals surface area contributed by atoms with E-state index in [0.29, 0.717) is 24.5 Å². The minimum Gasteiger partial charge on any atom is -0.488 e. The van der Waals surface area contributed by atoms with Crippen LogP contribution in [-0.2, 0) is 17.8 Å². The van der Waals surface area contributed by atoms with Crippen LogP contribution >= 0.6 is 0 Å². The van der Waals surface area contributed by atoms with Crippen LogP contribution in [0.25, 0.3) is 0 Å². The Morgan fingerprint density at radius 2 is 1.97 bits per heavy atom. The molecule has 9 nitrogen and oxygen atoms in total. The minimum absolute atomic E-state index is 0.0220. The molecule has 1 fully saturated rings. The molecule has 3 atom stereocenters. The van der Waals surface area contributed by atoms with Crippen molar-refractivity contribution in [1.29, 1.82) is 0 Å². The SMILES string of the molecule is C[C@@H]1CN([C@@H](C)CO)C(=O)Cc2cc(NC(=O)NC3CCCC3)ccc2O[C@H]1CN(C)Cc1ccncc1. The molecule has 1 aliphatic heterocycles. The molecule has 2 aliphatic rings. The van der Waals surface area contributed by atoms with Gasteiger partial charge in [0.05, 0.1) is 19.1 Å². The fraction of sp³-hybridized carbons (Fsp3) is 0.552. The van der Waals surface area contributed by atoms with E-state index in [-0.39, 0.29) is 49.1 Å². The molecular weight excluding hydrogens is 482 g/mol. The number of carbonyl (C=O) groups excluding carboxylic acids is 2. The second kappa shape index (κ2) is 13.1. The van der Waals surface area contributed by atoms with Gasteiger partial charge in [0.15, 0.2) is 0 Å². The molecule has 1 aromatic carbocycles. The highest BCUT2D eigenvalue weighted by molar-refractivity contribution is 5.90. The Labute approximate surface area is 225 Å². The fourth-order valence-electron chi connectivity index (χ4n) is 5.32. The molecule has 9 heteroatoms. The maximum absolute atomic E-state index is 13.4.